The molecule has 9 nitrogen and oxygen atoms in total. The van der Waals surface area contributed by atoms with Crippen LogP contribution in [0.2, 0.25) is 0 Å². The minimum Gasteiger partial charge on any atom is -0.394 e. The van der Waals surface area contributed by atoms with Gasteiger partial charge in [0.2, 0.25) is 11.8 Å². The van der Waals surface area contributed by atoms with Crippen molar-refractivity contribution in [3.63, 3.8) is 0 Å². The van der Waals surface area contributed by atoms with E-state index in [1.807, 2.05) is 6.92 Å². The normalized spacial score (nSPS) is 30.0. The molecule has 0 radical (unpaired) electrons. The summed E-state index contributed by atoms with van der Waals surface area (Å²) < 4.78 is 11.0. The summed E-state index contributed by atoms with van der Waals surface area (Å²) in [5.74, 6) is -0.427. The molecule has 1 aliphatic heterocycles. The smallest absolute Gasteiger partial charge is 0.219 e. The highest BCUT2D eigenvalue weighted by Crippen LogP contribution is 2.22. The van der Waals surface area contributed by atoms with Gasteiger partial charge < -0.3 is 35.4 Å². The molecule has 5 N–H and O–H groups in total. The number of aliphatic hydroxyl groups excluding tert-OH is 3. The van der Waals surface area contributed by atoms with Crippen molar-refractivity contribution < 1.29 is 34.4 Å². The Labute approximate surface area is 141 Å². The summed E-state index contributed by atoms with van der Waals surface area (Å²) in [7, 11) is 0. The fourth-order valence-corrected chi connectivity index (χ4v) is 2.49. The zero-order chi connectivity index (χ0) is 18.1. The minimum atomic E-state index is -1.33. The zero-order valence-electron chi connectivity index (χ0n) is 14.1. The van der Waals surface area contributed by atoms with Crippen LogP contribution in [0.25, 0.3) is 0 Å². The lowest BCUT2D eigenvalue weighted by molar-refractivity contribution is -0.270. The Morgan fingerprint density at radius 2 is 1.92 bits per heavy atom. The van der Waals surface area contributed by atoms with Gasteiger partial charge in [-0.3, -0.25) is 9.59 Å². The third kappa shape index (κ3) is 6.33. The van der Waals surface area contributed by atoms with Crippen LogP contribution in [-0.2, 0) is 19.1 Å². The van der Waals surface area contributed by atoms with Crippen molar-refractivity contribution in [2.75, 3.05) is 19.8 Å². The van der Waals surface area contributed by atoms with Crippen LogP contribution in [0.5, 0.6) is 0 Å². The van der Waals surface area contributed by atoms with Gasteiger partial charge in [0.15, 0.2) is 6.29 Å². The molecule has 0 unspecified atom stereocenters. The third-order valence-electron chi connectivity index (χ3n) is 3.71. The van der Waals surface area contributed by atoms with E-state index >= 15 is 0 Å². The predicted octanol–water partition coefficient (Wildman–Crippen LogP) is -1.75. The molecule has 1 heterocycles. The highest BCUT2D eigenvalue weighted by Gasteiger charge is 2.45. The molecule has 5 atom stereocenters. The van der Waals surface area contributed by atoms with Crippen molar-refractivity contribution in [2.45, 2.75) is 63.8 Å². The lowest BCUT2D eigenvalue weighted by atomic mass is 9.97. The Bertz CT molecular complexity index is 407. The zero-order valence-corrected chi connectivity index (χ0v) is 14.1. The number of amides is 2. The molecule has 0 aromatic heterocycles. The van der Waals surface area contributed by atoms with Crippen molar-refractivity contribution >= 4 is 11.8 Å². The maximum atomic E-state index is 11.3. The van der Waals surface area contributed by atoms with Gasteiger partial charge in [0, 0.05) is 26.5 Å². The second kappa shape index (κ2) is 10.6. The summed E-state index contributed by atoms with van der Waals surface area (Å²) in [5.41, 5.74) is 0. The first-order chi connectivity index (χ1) is 11.4. The number of nitrogens with one attached hydrogen (secondary N) is 2. The Kier molecular flexibility index (Phi) is 9.16. The molecule has 1 saturated heterocycles. The van der Waals surface area contributed by atoms with E-state index in [0.717, 1.165) is 0 Å². The van der Waals surface area contributed by atoms with Crippen LogP contribution >= 0.6 is 0 Å². The van der Waals surface area contributed by atoms with Crippen molar-refractivity contribution in [2.24, 2.45) is 0 Å². The van der Waals surface area contributed by atoms with E-state index in [1.165, 1.54) is 6.92 Å². The van der Waals surface area contributed by atoms with Gasteiger partial charge in [0.25, 0.3) is 0 Å². The largest absolute Gasteiger partial charge is 0.394 e. The molecular formula is C15H28N2O7. The topological polar surface area (TPSA) is 137 Å². The fraction of sp³-hybridized carbons (Fsp3) is 0.867. The van der Waals surface area contributed by atoms with Gasteiger partial charge >= 0.3 is 0 Å². The lowest BCUT2D eigenvalue weighted by Gasteiger charge is -2.42. The molecule has 0 aromatic carbocycles. The van der Waals surface area contributed by atoms with Crippen molar-refractivity contribution in [3.8, 4) is 0 Å². The van der Waals surface area contributed by atoms with E-state index in [1.54, 1.807) is 0 Å². The van der Waals surface area contributed by atoms with Gasteiger partial charge in [-0.25, -0.2) is 0 Å². The van der Waals surface area contributed by atoms with Gasteiger partial charge in [0.1, 0.15) is 24.4 Å². The van der Waals surface area contributed by atoms with E-state index in [4.69, 9.17) is 9.47 Å². The molecule has 0 spiro atoms. The number of hydrogen-bond acceptors (Lipinski definition) is 7. The molecule has 1 rings (SSSR count). The van der Waals surface area contributed by atoms with Crippen LogP contribution in [0.15, 0.2) is 0 Å². The molecule has 24 heavy (non-hydrogen) atoms. The molecule has 0 aromatic rings. The molecule has 2 amide bonds. The van der Waals surface area contributed by atoms with Crippen molar-refractivity contribution in [1.29, 1.82) is 0 Å². The van der Waals surface area contributed by atoms with Crippen LogP contribution in [0, 0.1) is 0 Å². The second-order valence-electron chi connectivity index (χ2n) is 5.71. The molecule has 140 valence electrons. The van der Waals surface area contributed by atoms with Crippen molar-refractivity contribution in [3.05, 3.63) is 0 Å². The monoisotopic (exact) mass is 348 g/mol. The molecule has 1 fully saturated rings. The van der Waals surface area contributed by atoms with Crippen molar-refractivity contribution in [1.82, 2.24) is 10.6 Å². The number of aliphatic hydroxyl groups is 3. The standard InChI is InChI=1S/C15H28N2O7/c1-3-16-11(20)6-4-5-7-23-15-12(17-9(2)19)14(22)13(21)10(8-18)24-15/h10,12-15,18,21-22H,3-8H2,1-2H3,(H,16,20)(H,17,19)/t10-,12-,13+,14-,15-/m1/s1. The van der Waals surface area contributed by atoms with E-state index in [-0.39, 0.29) is 12.5 Å². The quantitative estimate of drug-likeness (QED) is 0.312. The van der Waals surface area contributed by atoms with Crippen LogP contribution in [-0.4, -0.2) is 77.5 Å². The lowest BCUT2D eigenvalue weighted by Crippen LogP contribution is -2.64. The van der Waals surface area contributed by atoms with Gasteiger partial charge in [-0.1, -0.05) is 0 Å². The second-order valence-corrected chi connectivity index (χ2v) is 5.71. The first-order valence-electron chi connectivity index (χ1n) is 8.18. The molecule has 9 heteroatoms. The summed E-state index contributed by atoms with van der Waals surface area (Å²) in [6.07, 6.45) is -3.04. The summed E-state index contributed by atoms with van der Waals surface area (Å²) in [5, 5.41) is 34.4. The van der Waals surface area contributed by atoms with Crippen LogP contribution in [0.4, 0.5) is 0 Å². The Hall–Kier alpha value is -1.26. The average molecular weight is 348 g/mol. The van der Waals surface area contributed by atoms with Gasteiger partial charge in [-0.2, -0.15) is 0 Å². The fourth-order valence-electron chi connectivity index (χ4n) is 2.49. The van der Waals surface area contributed by atoms with E-state index in [0.29, 0.717) is 25.8 Å². The molecule has 0 saturated carbocycles. The Morgan fingerprint density at radius 1 is 1.21 bits per heavy atom. The number of carbonyl (C=O) groups is 2. The van der Waals surface area contributed by atoms with E-state index in [9.17, 15) is 24.9 Å². The summed E-state index contributed by atoms with van der Waals surface area (Å²) in [6.45, 7) is 3.48. The third-order valence-corrected chi connectivity index (χ3v) is 3.71. The first kappa shape index (κ1) is 20.8. The van der Waals surface area contributed by atoms with Gasteiger partial charge in [-0.05, 0) is 19.8 Å². The number of unbranched alkanes of at least 4 members (excludes halogenated alkanes) is 1. The molecular weight excluding hydrogens is 320 g/mol. The number of rotatable bonds is 9. The average Bonchev–Trinajstić information content (AvgIpc) is 2.53. The summed E-state index contributed by atoms with van der Waals surface area (Å²) in [4.78, 5) is 22.6. The number of carbonyl (C=O) groups excluding carboxylic acids is 2. The van der Waals surface area contributed by atoms with Gasteiger partial charge in [-0.15, -0.1) is 0 Å². The van der Waals surface area contributed by atoms with Crippen LogP contribution < -0.4 is 10.6 Å². The number of hydrogen-bond donors (Lipinski definition) is 5. The molecule has 1 aliphatic rings. The van der Waals surface area contributed by atoms with E-state index < -0.39 is 43.2 Å². The Balaban J connectivity index is 2.48. The first-order valence-corrected chi connectivity index (χ1v) is 8.18. The highest BCUT2D eigenvalue weighted by atomic mass is 16.7. The van der Waals surface area contributed by atoms with Gasteiger partial charge in [0.05, 0.1) is 6.61 Å². The molecule has 0 aliphatic carbocycles. The molecule has 0 bridgehead atoms. The van der Waals surface area contributed by atoms with Crippen LogP contribution in [0.1, 0.15) is 33.1 Å². The maximum Gasteiger partial charge on any atom is 0.219 e. The van der Waals surface area contributed by atoms with Crippen LogP contribution in [0.3, 0.4) is 0 Å². The summed E-state index contributed by atoms with van der Waals surface area (Å²) >= 11 is 0. The SMILES string of the molecule is CCNC(=O)CCCCO[C@@H]1O[C@H](CO)[C@H](O)[C@H](O)[C@H]1NC(C)=O. The number of ether oxygens (including phenoxy) is 2. The minimum absolute atomic E-state index is 0.0265. The predicted molar refractivity (Wildman–Crippen MR) is 83.9 cm³/mol. The summed E-state index contributed by atoms with van der Waals surface area (Å²) in [6, 6.07) is -0.941. The van der Waals surface area contributed by atoms with E-state index in [2.05, 4.69) is 10.6 Å². The maximum absolute atomic E-state index is 11.3. The highest BCUT2D eigenvalue weighted by molar-refractivity contribution is 5.75. The Morgan fingerprint density at radius 3 is 2.50 bits per heavy atom.